The minimum atomic E-state index is -0.670. The fourth-order valence-electron chi connectivity index (χ4n) is 10.7. The van der Waals surface area contributed by atoms with Crippen LogP contribution < -0.4 is 5.32 Å². The molecule has 1 amide bonds. The van der Waals surface area contributed by atoms with Crippen LogP contribution in [-0.2, 0) is 14.3 Å². The summed E-state index contributed by atoms with van der Waals surface area (Å²) in [5.74, 6) is -0.0331. The Hall–Kier alpha value is -1.40. The zero-order chi connectivity index (χ0) is 52.9. The van der Waals surface area contributed by atoms with Crippen LogP contribution >= 0.6 is 0 Å². The molecule has 0 radical (unpaired) electrons. The van der Waals surface area contributed by atoms with Crippen molar-refractivity contribution in [2.45, 2.75) is 392 Å². The first-order valence-electron chi connectivity index (χ1n) is 33.4. The standard InChI is InChI=1S/C67H131NO5/c1-3-5-7-9-11-13-15-17-19-21-23-24-26-27-31-35-39-43-47-51-55-59-65(70)64(63-69)68-66(71)60-56-52-48-44-40-36-32-29-30-34-38-42-46-50-54-58-62-73-67(72)61-57-53-49-45-41-37-33-28-25-22-20-18-16-14-12-10-8-6-4-2/h18,20,64-65,69-70H,3-17,19,21-63H2,1-2H3,(H,68,71)/b20-18-. The number of hydrogen-bond acceptors (Lipinski definition) is 5. The van der Waals surface area contributed by atoms with Gasteiger partial charge >= 0.3 is 5.97 Å². The number of esters is 1. The van der Waals surface area contributed by atoms with Gasteiger partial charge in [-0.3, -0.25) is 9.59 Å². The van der Waals surface area contributed by atoms with Gasteiger partial charge in [0.2, 0.25) is 5.91 Å². The highest BCUT2D eigenvalue weighted by atomic mass is 16.5. The molecule has 0 bridgehead atoms. The third-order valence-electron chi connectivity index (χ3n) is 15.8. The Bertz CT molecular complexity index is 1100. The van der Waals surface area contributed by atoms with Crippen molar-refractivity contribution in [2.24, 2.45) is 0 Å². The molecule has 0 aromatic rings. The monoisotopic (exact) mass is 1030 g/mol. The van der Waals surface area contributed by atoms with E-state index < -0.39 is 12.1 Å². The van der Waals surface area contributed by atoms with Crippen molar-refractivity contribution in [1.82, 2.24) is 5.32 Å². The molecule has 0 aliphatic carbocycles. The summed E-state index contributed by atoms with van der Waals surface area (Å²) < 4.78 is 5.50. The van der Waals surface area contributed by atoms with E-state index in [-0.39, 0.29) is 18.5 Å². The molecule has 6 nitrogen and oxygen atoms in total. The van der Waals surface area contributed by atoms with E-state index in [0.717, 1.165) is 44.9 Å². The van der Waals surface area contributed by atoms with Crippen molar-refractivity contribution in [1.29, 1.82) is 0 Å². The Morgan fingerprint density at radius 3 is 0.973 bits per heavy atom. The SMILES string of the molecule is CCCCCCCC/C=C\CCCCCCCCCCCC(=O)OCCCCCCCCCCCCCCCCCCC(=O)NC(CO)C(O)CCCCCCCCCCCCCCCCCCCCCCC. The second kappa shape index (κ2) is 63.1. The van der Waals surface area contributed by atoms with E-state index in [1.54, 1.807) is 0 Å². The topological polar surface area (TPSA) is 95.9 Å². The summed E-state index contributed by atoms with van der Waals surface area (Å²) in [5.41, 5.74) is 0. The predicted octanol–water partition coefficient (Wildman–Crippen LogP) is 21.2. The molecule has 0 rings (SSSR count). The highest BCUT2D eigenvalue weighted by molar-refractivity contribution is 5.76. The first-order valence-corrected chi connectivity index (χ1v) is 33.4. The summed E-state index contributed by atoms with van der Waals surface area (Å²) in [5, 5.41) is 23.4. The Labute approximate surface area is 457 Å². The molecule has 0 aromatic carbocycles. The number of carbonyl (C=O) groups excluding carboxylic acids is 2. The van der Waals surface area contributed by atoms with Crippen molar-refractivity contribution in [2.75, 3.05) is 13.2 Å². The summed E-state index contributed by atoms with van der Waals surface area (Å²) in [4.78, 5) is 24.6. The van der Waals surface area contributed by atoms with Crippen LogP contribution in [0.3, 0.4) is 0 Å². The summed E-state index contributed by atoms with van der Waals surface area (Å²) in [6.07, 6.45) is 76.6. The molecule has 2 atom stereocenters. The second-order valence-electron chi connectivity index (χ2n) is 23.2. The number of hydrogen-bond donors (Lipinski definition) is 3. The molecule has 73 heavy (non-hydrogen) atoms. The Balaban J connectivity index is 3.40. The third-order valence-corrected chi connectivity index (χ3v) is 15.8. The molecule has 2 unspecified atom stereocenters. The Kier molecular flexibility index (Phi) is 61.9. The lowest BCUT2D eigenvalue weighted by Gasteiger charge is -2.22. The normalized spacial score (nSPS) is 12.5. The summed E-state index contributed by atoms with van der Waals surface area (Å²) in [6.45, 7) is 4.97. The van der Waals surface area contributed by atoms with Gasteiger partial charge in [0.15, 0.2) is 0 Å². The number of nitrogens with one attached hydrogen (secondary N) is 1. The highest BCUT2D eigenvalue weighted by Gasteiger charge is 2.20. The van der Waals surface area contributed by atoms with Gasteiger partial charge in [0.1, 0.15) is 0 Å². The van der Waals surface area contributed by atoms with Crippen molar-refractivity contribution in [3.05, 3.63) is 12.2 Å². The number of ether oxygens (including phenoxy) is 1. The molecule has 0 aliphatic rings. The molecule has 0 spiro atoms. The molecule has 3 N–H and O–H groups in total. The van der Waals surface area contributed by atoms with Crippen LogP contribution in [0.5, 0.6) is 0 Å². The fourth-order valence-corrected chi connectivity index (χ4v) is 10.7. The maximum absolute atomic E-state index is 12.5. The average Bonchev–Trinajstić information content (AvgIpc) is 3.39. The van der Waals surface area contributed by atoms with Crippen molar-refractivity contribution < 1.29 is 24.5 Å². The summed E-state index contributed by atoms with van der Waals surface area (Å²) >= 11 is 0. The second-order valence-corrected chi connectivity index (χ2v) is 23.2. The van der Waals surface area contributed by atoms with E-state index in [1.807, 2.05) is 0 Å². The van der Waals surface area contributed by atoms with Crippen LogP contribution in [0.4, 0.5) is 0 Å². The van der Waals surface area contributed by atoms with Crippen molar-refractivity contribution in [3.63, 3.8) is 0 Å². The van der Waals surface area contributed by atoms with Crippen LogP contribution in [0.25, 0.3) is 0 Å². The van der Waals surface area contributed by atoms with Gasteiger partial charge in [-0.25, -0.2) is 0 Å². The highest BCUT2D eigenvalue weighted by Crippen LogP contribution is 2.19. The number of unbranched alkanes of at least 4 members (excludes halogenated alkanes) is 50. The maximum Gasteiger partial charge on any atom is 0.305 e. The number of aliphatic hydroxyl groups is 2. The summed E-state index contributed by atoms with van der Waals surface area (Å²) in [7, 11) is 0. The van der Waals surface area contributed by atoms with Gasteiger partial charge in [-0.15, -0.1) is 0 Å². The molecule has 0 heterocycles. The number of allylic oxidation sites excluding steroid dienone is 2. The number of carbonyl (C=O) groups is 2. The first-order chi connectivity index (χ1) is 36.0. The number of amides is 1. The minimum absolute atomic E-state index is 0.00419. The van der Waals surface area contributed by atoms with Gasteiger partial charge in [0.05, 0.1) is 25.4 Å². The van der Waals surface area contributed by atoms with E-state index >= 15 is 0 Å². The van der Waals surface area contributed by atoms with Crippen LogP contribution in [0.2, 0.25) is 0 Å². The van der Waals surface area contributed by atoms with E-state index in [1.165, 1.54) is 302 Å². The number of rotatable bonds is 63. The molecule has 434 valence electrons. The molecule has 0 saturated heterocycles. The summed E-state index contributed by atoms with van der Waals surface area (Å²) in [6, 6.07) is -0.547. The minimum Gasteiger partial charge on any atom is -0.466 e. The Morgan fingerprint density at radius 2 is 0.644 bits per heavy atom. The van der Waals surface area contributed by atoms with Gasteiger partial charge in [0.25, 0.3) is 0 Å². The van der Waals surface area contributed by atoms with E-state index in [0.29, 0.717) is 25.9 Å². The van der Waals surface area contributed by atoms with Crippen LogP contribution in [0, 0.1) is 0 Å². The lowest BCUT2D eigenvalue weighted by atomic mass is 10.0. The van der Waals surface area contributed by atoms with E-state index in [9.17, 15) is 19.8 Å². The lowest BCUT2D eigenvalue weighted by Crippen LogP contribution is -2.45. The average molecular weight is 1030 g/mol. The zero-order valence-electron chi connectivity index (χ0n) is 49.6. The van der Waals surface area contributed by atoms with Crippen molar-refractivity contribution >= 4 is 11.9 Å². The van der Waals surface area contributed by atoms with Crippen LogP contribution in [-0.4, -0.2) is 47.4 Å². The molecular weight excluding hydrogens is 899 g/mol. The van der Waals surface area contributed by atoms with E-state index in [2.05, 4.69) is 31.3 Å². The van der Waals surface area contributed by atoms with Gasteiger partial charge in [-0.1, -0.05) is 328 Å². The van der Waals surface area contributed by atoms with Gasteiger partial charge in [0, 0.05) is 12.8 Å². The first kappa shape index (κ1) is 71.6. The molecule has 0 aromatic heterocycles. The fraction of sp³-hybridized carbons (Fsp3) is 0.940. The Morgan fingerprint density at radius 1 is 0.370 bits per heavy atom. The molecule has 0 saturated carbocycles. The van der Waals surface area contributed by atoms with Gasteiger partial charge < -0.3 is 20.3 Å². The molecule has 0 fully saturated rings. The zero-order valence-corrected chi connectivity index (χ0v) is 49.6. The lowest BCUT2D eigenvalue weighted by molar-refractivity contribution is -0.143. The predicted molar refractivity (Wildman–Crippen MR) is 320 cm³/mol. The molecule has 6 heteroatoms. The van der Waals surface area contributed by atoms with Crippen LogP contribution in [0.1, 0.15) is 380 Å². The van der Waals surface area contributed by atoms with Gasteiger partial charge in [-0.05, 0) is 51.4 Å². The largest absolute Gasteiger partial charge is 0.466 e. The maximum atomic E-state index is 12.5. The van der Waals surface area contributed by atoms with E-state index in [4.69, 9.17) is 4.74 Å². The smallest absolute Gasteiger partial charge is 0.305 e. The van der Waals surface area contributed by atoms with Gasteiger partial charge in [-0.2, -0.15) is 0 Å². The molecular formula is C67H131NO5. The number of aliphatic hydroxyl groups excluding tert-OH is 2. The third kappa shape index (κ3) is 59.7. The molecule has 0 aliphatic heterocycles. The van der Waals surface area contributed by atoms with Crippen molar-refractivity contribution in [3.8, 4) is 0 Å². The quantitative estimate of drug-likeness (QED) is 0.0320. The van der Waals surface area contributed by atoms with Crippen LogP contribution in [0.15, 0.2) is 12.2 Å².